The van der Waals surface area contributed by atoms with Gasteiger partial charge in [0.25, 0.3) is 0 Å². The molecule has 0 amide bonds. The Balaban J connectivity index is 0. The van der Waals surface area contributed by atoms with E-state index < -0.39 is 0 Å². The van der Waals surface area contributed by atoms with Gasteiger partial charge in [-0.15, -0.1) is 0 Å². The molecule has 86 valence electrons. The maximum atomic E-state index is 9.89. The van der Waals surface area contributed by atoms with E-state index in [4.69, 9.17) is 5.73 Å². The molecular weight excluding hydrogens is 180 g/mol. The molecule has 0 rings (SSSR count). The van der Waals surface area contributed by atoms with Crippen LogP contribution in [0.25, 0.3) is 0 Å². The smallest absolute Gasteiger partial charge is 0.210 e. The average molecular weight is 204 g/mol. The Morgan fingerprint density at radius 2 is 1.64 bits per heavy atom. The molecule has 0 saturated heterocycles. The molecule has 0 fully saturated rings. The lowest BCUT2D eigenvalue weighted by Gasteiger charge is -1.97. The summed E-state index contributed by atoms with van der Waals surface area (Å²) >= 11 is 0. The van der Waals surface area contributed by atoms with E-state index in [1.807, 2.05) is 13.8 Å². The molecule has 4 heteroatoms. The maximum Gasteiger partial charge on any atom is 0.210 e. The van der Waals surface area contributed by atoms with Gasteiger partial charge in [-0.25, -0.2) is 0 Å². The highest BCUT2D eigenvalue weighted by molar-refractivity contribution is 4.47. The number of hydrogen-bond acceptors (Lipinski definition) is 3. The molecule has 0 heterocycles. The van der Waals surface area contributed by atoms with Crippen molar-refractivity contribution < 1.29 is 4.92 Å². The third-order valence-corrected chi connectivity index (χ3v) is 1.81. The molecular formula is C10H24N2O2. The van der Waals surface area contributed by atoms with E-state index in [-0.39, 0.29) is 11.0 Å². The van der Waals surface area contributed by atoms with Crippen LogP contribution in [-0.2, 0) is 0 Å². The molecule has 0 spiro atoms. The topological polar surface area (TPSA) is 69.2 Å². The van der Waals surface area contributed by atoms with E-state index in [1.54, 1.807) is 6.92 Å². The zero-order valence-corrected chi connectivity index (χ0v) is 9.82. The highest BCUT2D eigenvalue weighted by Gasteiger charge is 2.08. The summed E-state index contributed by atoms with van der Waals surface area (Å²) in [6, 6.07) is 0.0370. The molecule has 0 aromatic carbocycles. The first kappa shape index (κ1) is 15.8. The molecule has 14 heavy (non-hydrogen) atoms. The summed E-state index contributed by atoms with van der Waals surface area (Å²) in [5.41, 5.74) is 5.40. The molecule has 0 radical (unpaired) electrons. The van der Waals surface area contributed by atoms with Crippen molar-refractivity contribution in [2.45, 2.75) is 65.5 Å². The second-order valence-corrected chi connectivity index (χ2v) is 3.69. The molecule has 0 aromatic rings. The van der Waals surface area contributed by atoms with Gasteiger partial charge in [-0.1, -0.05) is 20.3 Å². The number of nitrogens with zero attached hydrogens (tertiary/aromatic N) is 1. The first-order valence-corrected chi connectivity index (χ1v) is 5.34. The van der Waals surface area contributed by atoms with Gasteiger partial charge in [-0.2, -0.15) is 0 Å². The van der Waals surface area contributed by atoms with Gasteiger partial charge in [-0.3, -0.25) is 10.1 Å². The number of nitro groups is 1. The van der Waals surface area contributed by atoms with E-state index in [0.29, 0.717) is 12.5 Å². The van der Waals surface area contributed by atoms with Crippen molar-refractivity contribution in [3.63, 3.8) is 0 Å². The summed E-state index contributed by atoms with van der Waals surface area (Å²) in [4.78, 5) is 9.65. The van der Waals surface area contributed by atoms with Gasteiger partial charge >= 0.3 is 0 Å². The summed E-state index contributed by atoms with van der Waals surface area (Å²) in [5, 5.41) is 9.89. The Morgan fingerprint density at radius 1 is 1.21 bits per heavy atom. The van der Waals surface area contributed by atoms with Gasteiger partial charge in [0.15, 0.2) is 0 Å². The van der Waals surface area contributed by atoms with Crippen LogP contribution in [0.15, 0.2) is 0 Å². The molecule has 2 unspecified atom stereocenters. The fourth-order valence-electron chi connectivity index (χ4n) is 0.979. The van der Waals surface area contributed by atoms with Gasteiger partial charge in [0.2, 0.25) is 6.04 Å². The number of nitrogens with two attached hydrogens (primary N) is 1. The average Bonchev–Trinajstić information content (AvgIpc) is 2.05. The zero-order valence-electron chi connectivity index (χ0n) is 9.82. The Labute approximate surface area is 87.0 Å². The van der Waals surface area contributed by atoms with Crippen molar-refractivity contribution in [2.24, 2.45) is 5.73 Å². The lowest BCUT2D eigenvalue weighted by Crippen LogP contribution is -2.13. The lowest BCUT2D eigenvalue weighted by molar-refractivity contribution is -0.518. The molecule has 2 atom stereocenters. The molecule has 0 aliphatic heterocycles. The first-order valence-electron chi connectivity index (χ1n) is 5.34. The zero-order chi connectivity index (χ0) is 11.6. The largest absolute Gasteiger partial charge is 0.328 e. The van der Waals surface area contributed by atoms with E-state index >= 15 is 0 Å². The number of rotatable bonds is 5. The van der Waals surface area contributed by atoms with Gasteiger partial charge in [-0.05, 0) is 19.8 Å². The maximum absolute atomic E-state index is 9.89. The van der Waals surface area contributed by atoms with E-state index in [2.05, 4.69) is 6.92 Å². The summed E-state index contributed by atoms with van der Waals surface area (Å²) in [6.45, 7) is 7.75. The highest BCUT2D eigenvalue weighted by Crippen LogP contribution is 1.97. The highest BCUT2D eigenvalue weighted by atomic mass is 16.6. The summed E-state index contributed by atoms with van der Waals surface area (Å²) in [5.74, 6) is 0. The third-order valence-electron chi connectivity index (χ3n) is 1.81. The second-order valence-electron chi connectivity index (χ2n) is 3.69. The predicted octanol–water partition coefficient (Wildman–Crippen LogP) is 2.59. The molecule has 0 bridgehead atoms. The van der Waals surface area contributed by atoms with E-state index in [0.717, 1.165) is 12.8 Å². The fraction of sp³-hybridized carbons (Fsp3) is 1.00. The Bertz CT molecular complexity index is 138. The van der Waals surface area contributed by atoms with Crippen LogP contribution in [0.2, 0.25) is 0 Å². The molecule has 0 saturated carbocycles. The van der Waals surface area contributed by atoms with E-state index in [9.17, 15) is 10.1 Å². The Kier molecular flexibility index (Phi) is 11.8. The normalized spacial score (nSPS) is 13.8. The SMILES string of the molecule is CCCC(C)N.CCCC(C)[N+](=O)[O-]. The monoisotopic (exact) mass is 204 g/mol. The van der Waals surface area contributed by atoms with Crippen molar-refractivity contribution in [2.75, 3.05) is 0 Å². The first-order chi connectivity index (χ1) is 6.45. The van der Waals surface area contributed by atoms with Crippen molar-refractivity contribution in [1.29, 1.82) is 0 Å². The molecule has 4 nitrogen and oxygen atoms in total. The predicted molar refractivity (Wildman–Crippen MR) is 59.9 cm³/mol. The standard InChI is InChI=1S/C5H11NO2.C5H13N/c1-3-4-5(2)6(7)8;1-3-4-5(2)6/h5H,3-4H2,1-2H3;5H,3-4,6H2,1-2H3. The molecule has 0 aromatic heterocycles. The van der Waals surface area contributed by atoms with Crippen LogP contribution < -0.4 is 5.73 Å². The quantitative estimate of drug-likeness (QED) is 0.552. The minimum absolute atomic E-state index is 0.247. The van der Waals surface area contributed by atoms with Gasteiger partial charge in [0.05, 0.1) is 0 Å². The Hall–Kier alpha value is -0.640. The Morgan fingerprint density at radius 3 is 1.71 bits per heavy atom. The van der Waals surface area contributed by atoms with Gasteiger partial charge < -0.3 is 5.73 Å². The van der Waals surface area contributed by atoms with Crippen molar-refractivity contribution in [1.82, 2.24) is 0 Å². The lowest BCUT2D eigenvalue weighted by atomic mass is 10.2. The molecule has 0 aliphatic carbocycles. The molecule has 2 N–H and O–H groups in total. The molecule has 0 aliphatic rings. The van der Waals surface area contributed by atoms with Crippen molar-refractivity contribution >= 4 is 0 Å². The van der Waals surface area contributed by atoms with Crippen LogP contribution in [0.5, 0.6) is 0 Å². The van der Waals surface area contributed by atoms with Crippen LogP contribution in [0.1, 0.15) is 53.4 Å². The number of hydrogen-bond donors (Lipinski definition) is 1. The summed E-state index contributed by atoms with van der Waals surface area (Å²) in [7, 11) is 0. The van der Waals surface area contributed by atoms with Crippen molar-refractivity contribution in [3.05, 3.63) is 10.1 Å². The van der Waals surface area contributed by atoms with Crippen molar-refractivity contribution in [3.8, 4) is 0 Å². The van der Waals surface area contributed by atoms with Crippen LogP contribution >= 0.6 is 0 Å². The van der Waals surface area contributed by atoms with Gasteiger partial charge in [0, 0.05) is 24.3 Å². The minimum Gasteiger partial charge on any atom is -0.328 e. The van der Waals surface area contributed by atoms with Crippen LogP contribution in [-0.4, -0.2) is 17.0 Å². The van der Waals surface area contributed by atoms with E-state index in [1.165, 1.54) is 6.42 Å². The second kappa shape index (κ2) is 10.4. The van der Waals surface area contributed by atoms with Crippen LogP contribution in [0.3, 0.4) is 0 Å². The van der Waals surface area contributed by atoms with Gasteiger partial charge in [0.1, 0.15) is 0 Å². The fourth-order valence-corrected chi connectivity index (χ4v) is 0.979. The van der Waals surface area contributed by atoms with Crippen LogP contribution in [0, 0.1) is 10.1 Å². The van der Waals surface area contributed by atoms with Crippen LogP contribution in [0.4, 0.5) is 0 Å². The summed E-state index contributed by atoms with van der Waals surface area (Å²) < 4.78 is 0. The minimum atomic E-state index is -0.361. The third kappa shape index (κ3) is 13.9. The summed E-state index contributed by atoms with van der Waals surface area (Å²) in [6.07, 6.45) is 3.94.